The van der Waals surface area contributed by atoms with Gasteiger partial charge in [-0.3, -0.25) is 0 Å². The minimum atomic E-state index is -3.64. The molecule has 1 rings (SSSR count). The lowest BCUT2D eigenvalue weighted by atomic mass is 10.2. The molecule has 0 saturated carbocycles. The summed E-state index contributed by atoms with van der Waals surface area (Å²) in [6.07, 6.45) is 0. The summed E-state index contributed by atoms with van der Waals surface area (Å²) >= 11 is 11.6. The third-order valence-corrected chi connectivity index (χ3v) is 4.42. The van der Waals surface area contributed by atoms with Crippen molar-refractivity contribution in [2.24, 2.45) is 0 Å². The topological polar surface area (TPSA) is 66.4 Å². The maximum atomic E-state index is 11.7. The molecule has 0 unspecified atom stereocenters. The molecule has 0 radical (unpaired) electrons. The lowest BCUT2D eigenvalue weighted by Gasteiger charge is -2.10. The normalized spacial score (nSPS) is 11.8. The number of benzene rings is 1. The highest BCUT2D eigenvalue weighted by Crippen LogP contribution is 2.30. The van der Waals surface area contributed by atoms with Gasteiger partial charge in [-0.15, -0.1) is 0 Å². The van der Waals surface area contributed by atoms with E-state index in [0.29, 0.717) is 0 Å². The first-order valence-corrected chi connectivity index (χ1v) is 6.75. The number of hydrogen-bond donors (Lipinski definition) is 2. The van der Waals surface area contributed by atoms with Gasteiger partial charge in [-0.1, -0.05) is 30.1 Å². The summed E-state index contributed by atoms with van der Waals surface area (Å²) in [5.74, 6) is 0. The van der Waals surface area contributed by atoms with Gasteiger partial charge in [-0.25, -0.2) is 13.1 Å². The molecule has 0 fully saturated rings. The molecule has 90 valence electrons. The van der Waals surface area contributed by atoms with Crippen LogP contribution in [0.15, 0.2) is 17.0 Å². The van der Waals surface area contributed by atoms with Gasteiger partial charge in [0.25, 0.3) is 0 Å². The zero-order valence-electron chi connectivity index (χ0n) is 8.50. The van der Waals surface area contributed by atoms with Gasteiger partial charge in [0.2, 0.25) is 10.0 Å². The molecule has 1 aromatic rings. The highest BCUT2D eigenvalue weighted by molar-refractivity contribution is 7.89. The third kappa shape index (κ3) is 2.67. The van der Waals surface area contributed by atoms with E-state index in [1.54, 1.807) is 6.92 Å². The number of aliphatic hydroxyl groups is 1. The van der Waals surface area contributed by atoms with Crippen molar-refractivity contribution in [1.29, 1.82) is 0 Å². The molecule has 0 aliphatic rings. The van der Waals surface area contributed by atoms with Gasteiger partial charge in [-0.2, -0.15) is 0 Å². The number of halogens is 2. The zero-order chi connectivity index (χ0) is 12.3. The van der Waals surface area contributed by atoms with Gasteiger partial charge < -0.3 is 5.11 Å². The summed E-state index contributed by atoms with van der Waals surface area (Å²) in [5, 5.41) is 9.23. The van der Waals surface area contributed by atoms with Crippen LogP contribution in [0.2, 0.25) is 10.0 Å². The molecule has 0 aliphatic heterocycles. The molecule has 0 heterocycles. The van der Waals surface area contributed by atoms with Crippen LogP contribution in [-0.2, 0) is 16.6 Å². The van der Waals surface area contributed by atoms with E-state index in [1.807, 2.05) is 0 Å². The van der Waals surface area contributed by atoms with Crippen LogP contribution in [0.4, 0.5) is 0 Å². The Labute approximate surface area is 104 Å². The second kappa shape index (κ2) is 5.33. The van der Waals surface area contributed by atoms with Gasteiger partial charge in [0.1, 0.15) is 4.90 Å². The minimum absolute atomic E-state index is 0.0454. The van der Waals surface area contributed by atoms with Crippen molar-refractivity contribution >= 4 is 33.2 Å². The van der Waals surface area contributed by atoms with E-state index in [2.05, 4.69) is 4.72 Å². The Morgan fingerprint density at radius 3 is 2.50 bits per heavy atom. The lowest BCUT2D eigenvalue weighted by molar-refractivity contribution is 0.281. The second-order valence-corrected chi connectivity index (χ2v) is 5.52. The van der Waals surface area contributed by atoms with Crippen molar-refractivity contribution in [2.75, 3.05) is 6.54 Å². The highest BCUT2D eigenvalue weighted by Gasteiger charge is 2.20. The molecule has 0 bridgehead atoms. The molecule has 0 aliphatic carbocycles. The van der Waals surface area contributed by atoms with Crippen LogP contribution in [0.1, 0.15) is 12.5 Å². The summed E-state index contributed by atoms with van der Waals surface area (Å²) in [6.45, 7) is 1.51. The van der Waals surface area contributed by atoms with E-state index in [-0.39, 0.29) is 27.0 Å². The fraction of sp³-hybridized carbons (Fsp3) is 0.333. The molecule has 0 amide bonds. The highest BCUT2D eigenvalue weighted by atomic mass is 35.5. The van der Waals surface area contributed by atoms with Crippen molar-refractivity contribution in [3.05, 3.63) is 27.7 Å². The van der Waals surface area contributed by atoms with Crippen molar-refractivity contribution in [3.63, 3.8) is 0 Å². The lowest BCUT2D eigenvalue weighted by Crippen LogP contribution is -2.23. The molecule has 0 spiro atoms. The van der Waals surface area contributed by atoms with Crippen LogP contribution in [0.5, 0.6) is 0 Å². The Kier molecular flexibility index (Phi) is 4.58. The number of sulfonamides is 1. The molecule has 0 atom stereocenters. The summed E-state index contributed by atoms with van der Waals surface area (Å²) in [6, 6.07) is 2.70. The monoisotopic (exact) mass is 283 g/mol. The second-order valence-electron chi connectivity index (χ2n) is 3.00. The molecule has 4 nitrogen and oxygen atoms in total. The van der Waals surface area contributed by atoms with E-state index < -0.39 is 16.6 Å². The van der Waals surface area contributed by atoms with Crippen molar-refractivity contribution in [2.45, 2.75) is 18.4 Å². The molecular formula is C9H11Cl2NO3S. The summed E-state index contributed by atoms with van der Waals surface area (Å²) < 4.78 is 25.7. The van der Waals surface area contributed by atoms with Crippen LogP contribution >= 0.6 is 23.2 Å². The average molecular weight is 284 g/mol. The summed E-state index contributed by atoms with van der Waals surface area (Å²) in [5.41, 5.74) is 0.210. The molecule has 2 N–H and O–H groups in total. The summed E-state index contributed by atoms with van der Waals surface area (Å²) in [4.78, 5) is -0.0792. The Bertz CT molecular complexity index is 488. The standard InChI is InChI=1S/C9H11Cl2NO3S/c1-2-12-16(14,15)8-4-3-7(10)6(5-13)9(8)11/h3-4,12-13H,2,5H2,1H3. The van der Waals surface area contributed by atoms with Gasteiger partial charge in [0, 0.05) is 17.1 Å². The number of nitrogens with one attached hydrogen (secondary N) is 1. The van der Waals surface area contributed by atoms with E-state index in [9.17, 15) is 8.42 Å². The molecular weight excluding hydrogens is 273 g/mol. The van der Waals surface area contributed by atoms with Gasteiger partial charge in [0.05, 0.1) is 11.6 Å². The zero-order valence-corrected chi connectivity index (χ0v) is 10.8. The molecule has 7 heteroatoms. The van der Waals surface area contributed by atoms with E-state index >= 15 is 0 Å². The fourth-order valence-electron chi connectivity index (χ4n) is 1.20. The molecule has 0 aromatic heterocycles. The van der Waals surface area contributed by atoms with Crippen molar-refractivity contribution in [3.8, 4) is 0 Å². The SMILES string of the molecule is CCNS(=O)(=O)c1ccc(Cl)c(CO)c1Cl. The maximum Gasteiger partial charge on any atom is 0.242 e. The first kappa shape index (κ1) is 13.7. The predicted octanol–water partition coefficient (Wildman–Crippen LogP) is 1.78. The van der Waals surface area contributed by atoms with Crippen LogP contribution < -0.4 is 4.72 Å². The van der Waals surface area contributed by atoms with Gasteiger partial charge >= 0.3 is 0 Å². The van der Waals surface area contributed by atoms with Crippen LogP contribution in [0.25, 0.3) is 0 Å². The third-order valence-electron chi connectivity index (χ3n) is 1.93. The number of hydrogen-bond acceptors (Lipinski definition) is 3. The van der Waals surface area contributed by atoms with Crippen LogP contribution in [-0.4, -0.2) is 20.1 Å². The van der Waals surface area contributed by atoms with Gasteiger partial charge in [0.15, 0.2) is 0 Å². The van der Waals surface area contributed by atoms with E-state index in [1.165, 1.54) is 12.1 Å². The first-order valence-electron chi connectivity index (χ1n) is 4.51. The van der Waals surface area contributed by atoms with E-state index in [4.69, 9.17) is 28.3 Å². The Balaban J connectivity index is 3.37. The average Bonchev–Trinajstić information content (AvgIpc) is 2.17. The minimum Gasteiger partial charge on any atom is -0.392 e. The maximum absolute atomic E-state index is 11.7. The summed E-state index contributed by atoms with van der Waals surface area (Å²) in [7, 11) is -3.64. The fourth-order valence-corrected chi connectivity index (χ4v) is 3.13. The van der Waals surface area contributed by atoms with E-state index in [0.717, 1.165) is 0 Å². The quantitative estimate of drug-likeness (QED) is 0.885. The van der Waals surface area contributed by atoms with Crippen LogP contribution in [0.3, 0.4) is 0 Å². The van der Waals surface area contributed by atoms with Crippen molar-refractivity contribution in [1.82, 2.24) is 4.72 Å². The largest absolute Gasteiger partial charge is 0.392 e. The first-order chi connectivity index (χ1) is 7.44. The molecule has 16 heavy (non-hydrogen) atoms. The van der Waals surface area contributed by atoms with Gasteiger partial charge in [-0.05, 0) is 12.1 Å². The predicted molar refractivity (Wildman–Crippen MR) is 63.2 cm³/mol. The molecule has 0 saturated heterocycles. The Morgan fingerprint density at radius 1 is 1.38 bits per heavy atom. The Hall–Kier alpha value is -0.330. The number of rotatable bonds is 4. The smallest absolute Gasteiger partial charge is 0.242 e. The molecule has 1 aromatic carbocycles. The van der Waals surface area contributed by atoms with Crippen molar-refractivity contribution < 1.29 is 13.5 Å². The van der Waals surface area contributed by atoms with Crippen LogP contribution in [0, 0.1) is 0 Å². The number of aliphatic hydroxyl groups excluding tert-OH is 1. The Morgan fingerprint density at radius 2 is 2.00 bits per heavy atom.